The number of aliphatic hydroxyl groups is 10. The van der Waals surface area contributed by atoms with Crippen LogP contribution in [0.2, 0.25) is 0 Å². The summed E-state index contributed by atoms with van der Waals surface area (Å²) in [6, 6.07) is -4.40. The molecule has 1 saturated carbocycles. The maximum Gasteiger partial charge on any atom is 0.394 e. The van der Waals surface area contributed by atoms with E-state index in [0.29, 0.717) is 0 Å². The molecule has 0 radical (unpaired) electrons. The molecule has 0 unspecified atom stereocenters. The highest BCUT2D eigenvalue weighted by molar-refractivity contribution is 7.79. The second-order valence-electron chi connectivity index (χ2n) is 13.1. The van der Waals surface area contributed by atoms with Crippen LogP contribution < -0.4 is 28.3 Å². The van der Waals surface area contributed by atoms with Crippen molar-refractivity contribution >= 4 is 28.6 Å². The van der Waals surface area contributed by atoms with E-state index < -0.39 is 157 Å². The first kappa shape index (κ1) is 47.8. The Morgan fingerprint density at radius 3 is 1.73 bits per heavy atom. The van der Waals surface area contributed by atoms with Gasteiger partial charge in [0.15, 0.2) is 42.7 Å². The smallest absolute Gasteiger partial charge is 0.394 e. The molecule has 3 heterocycles. The van der Waals surface area contributed by atoms with Crippen molar-refractivity contribution in [1.29, 1.82) is 0 Å². The van der Waals surface area contributed by atoms with Crippen LogP contribution in [0, 0.1) is 0 Å². The normalized spacial score (nSPS) is 45.6. The van der Waals surface area contributed by atoms with Crippen LogP contribution in [0.15, 0.2) is 9.98 Å². The van der Waals surface area contributed by atoms with Gasteiger partial charge in [-0.2, -0.15) is 8.42 Å². The first-order valence-corrected chi connectivity index (χ1v) is 18.0. The molecule has 20 atom stereocenters. The number of nitrogens with zero attached hydrogens (tertiary/aromatic N) is 2. The summed E-state index contributed by atoms with van der Waals surface area (Å²) in [5.74, 6) is -1.11. The third-order valence-corrected chi connectivity index (χ3v) is 9.45. The minimum Gasteiger partial charge on any atom is -0.394 e. The predicted molar refractivity (Wildman–Crippen MR) is 180 cm³/mol. The molecule has 3 saturated heterocycles. The molecule has 326 valence electrons. The van der Waals surface area contributed by atoms with Gasteiger partial charge in [0, 0.05) is 0 Å². The van der Waals surface area contributed by atoms with E-state index in [1.165, 1.54) is 14.0 Å². The van der Waals surface area contributed by atoms with Gasteiger partial charge in [-0.05, 0) is 14.0 Å². The molecule has 0 aromatic carbocycles. The lowest BCUT2D eigenvalue weighted by Crippen LogP contribution is -2.68. The number of nitrogens with one attached hydrogen (secondary N) is 1. The Balaban J connectivity index is 0.00000158. The summed E-state index contributed by atoms with van der Waals surface area (Å²) in [6.07, 6.45) is -27.0. The van der Waals surface area contributed by atoms with Crippen molar-refractivity contribution in [2.24, 2.45) is 32.9 Å². The molecule has 0 aromatic rings. The summed E-state index contributed by atoms with van der Waals surface area (Å²) >= 11 is 0. The second-order valence-corrected chi connectivity index (χ2v) is 14.0. The van der Waals surface area contributed by atoms with Gasteiger partial charge in [-0.1, -0.05) is 0 Å². The van der Waals surface area contributed by atoms with Gasteiger partial charge in [-0.3, -0.25) is 13.9 Å². The molecular formula is C27H51N7O21S. The van der Waals surface area contributed by atoms with Crippen molar-refractivity contribution in [3.05, 3.63) is 0 Å². The number of aldehydes is 1. The van der Waals surface area contributed by atoms with E-state index in [1.807, 2.05) is 0 Å². The number of nitrogens with two attached hydrogens (primary N) is 4. The highest BCUT2D eigenvalue weighted by Gasteiger charge is 2.61. The van der Waals surface area contributed by atoms with E-state index in [-0.39, 0.29) is 6.29 Å². The molecule has 0 amide bonds. The molecule has 4 fully saturated rings. The minimum atomic E-state index is -4.67. The Morgan fingerprint density at radius 2 is 1.23 bits per heavy atom. The molecule has 0 spiro atoms. The van der Waals surface area contributed by atoms with E-state index in [4.69, 9.17) is 68.9 Å². The van der Waals surface area contributed by atoms with Crippen LogP contribution >= 0.6 is 0 Å². The molecule has 3 aliphatic heterocycles. The average molecular weight is 842 g/mol. The van der Waals surface area contributed by atoms with Gasteiger partial charge in [0.05, 0.1) is 25.4 Å². The Kier molecular flexibility index (Phi) is 16.6. The lowest BCUT2D eigenvalue weighted by molar-refractivity contribution is -0.357. The number of aliphatic hydroxyl groups excluding tert-OH is 9. The molecule has 4 rings (SSSR count). The van der Waals surface area contributed by atoms with Gasteiger partial charge in [0.1, 0.15) is 85.3 Å². The van der Waals surface area contributed by atoms with Crippen LogP contribution in [0.3, 0.4) is 0 Å². The van der Waals surface area contributed by atoms with Crippen molar-refractivity contribution < 1.29 is 102 Å². The van der Waals surface area contributed by atoms with Crippen LogP contribution in [0.25, 0.3) is 0 Å². The first-order valence-electron chi connectivity index (χ1n) is 16.6. The summed E-state index contributed by atoms with van der Waals surface area (Å²) in [6.45, 7) is -0.340. The van der Waals surface area contributed by atoms with E-state index in [1.54, 1.807) is 0 Å². The Morgan fingerprint density at radius 1 is 0.714 bits per heavy atom. The van der Waals surface area contributed by atoms with Crippen molar-refractivity contribution in [2.75, 3.05) is 20.3 Å². The number of carbonyl (C=O) groups excluding carboxylic acids is 1. The fraction of sp³-hybridized carbons (Fsp3) is 0.889. The predicted octanol–water partition coefficient (Wildman–Crippen LogP) is -11.0. The number of carbonyl (C=O) groups is 1. The second kappa shape index (κ2) is 19.4. The first-order chi connectivity index (χ1) is 25.9. The third-order valence-electron chi connectivity index (χ3n) is 9.45. The number of hydrogen-bond donors (Lipinski definition) is 17. The standard InChI is InChI=1S/C27H49N7O17.H2O4S/c1-6-27(45,5-37)21(24(46-6)50-20-10(34-26(30)31)13(39)9(33-25(28)29)14(40)17(20)43)51-22-11(32-2)15(41)19(8(4-36)48-22)49-23-18(44)16(42)12(38)7(3-35)47-23;1-5(2,3)4/h5-24,32,35-36,38-45H,3-4H2,1-2H3,(H4,28,29,33)(H4,30,31,34);(H2,1,2,3,4)/t6-,7-,8-,9+,10-,11-,12+,13+,14-,15-,16-,17+,18-,19-,20+,21-,22-,23+,24-,27+;/m0./s1. The van der Waals surface area contributed by atoms with Gasteiger partial charge < -0.3 is 108 Å². The summed E-state index contributed by atoms with van der Waals surface area (Å²) < 4.78 is 66.2. The summed E-state index contributed by atoms with van der Waals surface area (Å²) in [4.78, 5) is 20.0. The van der Waals surface area contributed by atoms with E-state index in [9.17, 15) is 55.9 Å². The maximum atomic E-state index is 12.3. The zero-order chi connectivity index (χ0) is 42.6. The van der Waals surface area contributed by atoms with Crippen LogP contribution in [0.4, 0.5) is 0 Å². The quantitative estimate of drug-likeness (QED) is 0.0375. The van der Waals surface area contributed by atoms with Crippen molar-refractivity contribution in [3.63, 3.8) is 0 Å². The fourth-order valence-electron chi connectivity index (χ4n) is 6.57. The molecule has 28 nitrogen and oxygen atoms in total. The van der Waals surface area contributed by atoms with Crippen LogP contribution in [0.5, 0.6) is 0 Å². The molecule has 0 bridgehead atoms. The zero-order valence-electron chi connectivity index (χ0n) is 29.6. The molecule has 4 aliphatic rings. The van der Waals surface area contributed by atoms with E-state index >= 15 is 0 Å². The van der Waals surface area contributed by atoms with Crippen molar-refractivity contribution in [2.45, 2.75) is 129 Å². The molecule has 1 aliphatic carbocycles. The molecule has 0 aromatic heterocycles. The van der Waals surface area contributed by atoms with Gasteiger partial charge in [-0.15, -0.1) is 0 Å². The number of ether oxygens (including phenoxy) is 6. The van der Waals surface area contributed by atoms with Gasteiger partial charge in [-0.25, -0.2) is 9.98 Å². The lowest BCUT2D eigenvalue weighted by atomic mass is 9.81. The largest absolute Gasteiger partial charge is 0.394 e. The van der Waals surface area contributed by atoms with E-state index in [2.05, 4.69) is 15.3 Å². The zero-order valence-corrected chi connectivity index (χ0v) is 30.4. The minimum absolute atomic E-state index is 0.0944. The highest BCUT2D eigenvalue weighted by atomic mass is 32.3. The number of guanidine groups is 2. The molecular weight excluding hydrogens is 790 g/mol. The van der Waals surface area contributed by atoms with Gasteiger partial charge in [0.2, 0.25) is 0 Å². The summed E-state index contributed by atoms with van der Waals surface area (Å²) in [5, 5.41) is 109. The van der Waals surface area contributed by atoms with E-state index in [0.717, 1.165) is 0 Å². The van der Waals surface area contributed by atoms with Crippen LogP contribution in [0.1, 0.15) is 6.92 Å². The van der Waals surface area contributed by atoms with Crippen LogP contribution in [-0.4, -0.2) is 229 Å². The lowest BCUT2D eigenvalue weighted by Gasteiger charge is -2.48. The van der Waals surface area contributed by atoms with Gasteiger partial charge >= 0.3 is 10.4 Å². The number of rotatable bonds is 12. The van der Waals surface area contributed by atoms with Crippen molar-refractivity contribution in [3.8, 4) is 0 Å². The topological polar surface area (TPSA) is 490 Å². The Labute approximate surface area is 317 Å². The SMILES string of the molecule is CN[C@@H]1[C@H](O[C@H]2[C@H](O[C@H]3[C@H](O)[C@@H](O)[C@H](N=C(N)N)[C@@H](O)[C@@H]3N=C(N)N)O[C@@H](C)[C@]2(O)C=O)O[C@@H](CO)[C@H](O[C@H]2O[C@@H](CO)[C@@H](O)[C@H](O)[C@@H]2O)[C@H]1O.O=S(=O)(O)O. The third kappa shape index (κ3) is 10.7. The molecule has 29 heteroatoms. The monoisotopic (exact) mass is 841 g/mol. The molecule has 21 N–H and O–H groups in total. The Bertz CT molecular complexity index is 1450. The maximum absolute atomic E-state index is 12.3. The highest BCUT2D eigenvalue weighted by Crippen LogP contribution is 2.39. The summed E-state index contributed by atoms with van der Waals surface area (Å²) in [7, 11) is -3.31. The van der Waals surface area contributed by atoms with Gasteiger partial charge in [0.25, 0.3) is 0 Å². The average Bonchev–Trinajstić information content (AvgIpc) is 3.34. The summed E-state index contributed by atoms with van der Waals surface area (Å²) in [5.41, 5.74) is 19.4. The fourth-order valence-corrected chi connectivity index (χ4v) is 6.57. The number of aliphatic imine (C=N–C) groups is 2. The number of likely N-dealkylation sites (N-methyl/N-ethyl adjacent to an activating group) is 1. The number of hydrogen-bond acceptors (Lipinski definition) is 22. The Hall–Kier alpha value is -2.60. The van der Waals surface area contributed by atoms with Crippen LogP contribution in [-0.2, 0) is 43.6 Å². The molecule has 56 heavy (non-hydrogen) atoms. The van der Waals surface area contributed by atoms with Crippen molar-refractivity contribution in [1.82, 2.24) is 5.32 Å².